The number of benzene rings is 3. The average molecular weight is 417 g/mol. The third-order valence-electron chi connectivity index (χ3n) is 5.63. The van der Waals surface area contributed by atoms with Gasteiger partial charge in [-0.2, -0.15) is 0 Å². The number of carbonyl (C=O) groups is 3. The molecule has 1 aliphatic heterocycles. The molecule has 0 radical (unpaired) electrons. The molecule has 0 unspecified atom stereocenters. The summed E-state index contributed by atoms with van der Waals surface area (Å²) in [4.78, 5) is 38.9. The van der Waals surface area contributed by atoms with Gasteiger partial charge in [-0.25, -0.2) is 4.79 Å². The highest BCUT2D eigenvalue weighted by molar-refractivity contribution is 6.07. The Hall–Kier alpha value is -3.67. The first-order valence-electron chi connectivity index (χ1n) is 10.2. The minimum absolute atomic E-state index is 0.0120. The monoisotopic (exact) mass is 417 g/mol. The van der Waals surface area contributed by atoms with Crippen LogP contribution in [0.2, 0.25) is 0 Å². The predicted octanol–water partition coefficient (Wildman–Crippen LogP) is 4.08. The summed E-state index contributed by atoms with van der Waals surface area (Å²) < 4.78 is 10.1. The van der Waals surface area contributed by atoms with Gasteiger partial charge in [0, 0.05) is 18.7 Å². The van der Waals surface area contributed by atoms with E-state index in [0.717, 1.165) is 10.8 Å². The van der Waals surface area contributed by atoms with Gasteiger partial charge in [0.25, 0.3) is 5.91 Å². The Bertz CT molecular complexity index is 1110. The second-order valence-electron chi connectivity index (χ2n) is 7.53. The van der Waals surface area contributed by atoms with Crippen molar-refractivity contribution >= 4 is 28.6 Å². The van der Waals surface area contributed by atoms with Gasteiger partial charge in [0.2, 0.25) is 0 Å². The van der Waals surface area contributed by atoms with E-state index < -0.39 is 5.97 Å². The quantitative estimate of drug-likeness (QED) is 0.472. The third-order valence-corrected chi connectivity index (χ3v) is 5.63. The molecule has 6 heteroatoms. The van der Waals surface area contributed by atoms with E-state index in [0.29, 0.717) is 42.8 Å². The Morgan fingerprint density at radius 2 is 1.55 bits per heavy atom. The zero-order valence-electron chi connectivity index (χ0n) is 17.2. The summed E-state index contributed by atoms with van der Waals surface area (Å²) in [5, 5.41) is 1.97. The molecule has 1 aliphatic rings. The van der Waals surface area contributed by atoms with Gasteiger partial charge in [0.1, 0.15) is 5.75 Å². The molecule has 0 aromatic heterocycles. The van der Waals surface area contributed by atoms with Crippen molar-refractivity contribution in [1.82, 2.24) is 4.90 Å². The molecular formula is C25H23NO5. The minimum atomic E-state index is -0.443. The molecular weight excluding hydrogens is 394 g/mol. The number of hydrogen-bond donors (Lipinski definition) is 0. The fourth-order valence-electron chi connectivity index (χ4n) is 3.88. The van der Waals surface area contributed by atoms with Gasteiger partial charge >= 0.3 is 11.9 Å². The number of carbonyl (C=O) groups excluding carboxylic acids is 3. The zero-order valence-corrected chi connectivity index (χ0v) is 17.2. The van der Waals surface area contributed by atoms with Crippen molar-refractivity contribution in [3.05, 3.63) is 77.9 Å². The number of esters is 2. The van der Waals surface area contributed by atoms with Crippen molar-refractivity contribution in [3.63, 3.8) is 0 Å². The predicted molar refractivity (Wildman–Crippen MR) is 116 cm³/mol. The highest BCUT2D eigenvalue weighted by atomic mass is 16.5. The molecule has 31 heavy (non-hydrogen) atoms. The molecule has 1 heterocycles. The number of nitrogens with zero attached hydrogens (tertiary/aromatic N) is 1. The first kappa shape index (κ1) is 20.6. The molecule has 0 N–H and O–H groups in total. The van der Waals surface area contributed by atoms with Crippen molar-refractivity contribution in [3.8, 4) is 5.75 Å². The first-order chi connectivity index (χ1) is 15.1. The van der Waals surface area contributed by atoms with Gasteiger partial charge in [-0.3, -0.25) is 9.59 Å². The number of rotatable bonds is 4. The van der Waals surface area contributed by atoms with Crippen LogP contribution in [0, 0.1) is 5.92 Å². The maximum Gasteiger partial charge on any atom is 0.337 e. The van der Waals surface area contributed by atoms with Crippen molar-refractivity contribution < 1.29 is 23.9 Å². The zero-order chi connectivity index (χ0) is 21.8. The Balaban J connectivity index is 1.36. The number of piperidine rings is 1. The van der Waals surface area contributed by atoms with Crippen LogP contribution >= 0.6 is 0 Å². The lowest BCUT2D eigenvalue weighted by molar-refractivity contribution is -0.140. The first-order valence-corrected chi connectivity index (χ1v) is 10.2. The molecule has 1 fully saturated rings. The molecule has 0 aliphatic carbocycles. The van der Waals surface area contributed by atoms with Crippen molar-refractivity contribution in [2.45, 2.75) is 12.8 Å². The van der Waals surface area contributed by atoms with Crippen LogP contribution in [0.1, 0.15) is 33.6 Å². The number of likely N-dealkylation sites (tertiary alicyclic amines) is 1. The summed E-state index contributed by atoms with van der Waals surface area (Å²) in [7, 11) is 1.31. The lowest BCUT2D eigenvalue weighted by Gasteiger charge is -2.31. The van der Waals surface area contributed by atoms with Gasteiger partial charge in [0.05, 0.1) is 18.6 Å². The summed E-state index contributed by atoms with van der Waals surface area (Å²) in [6.45, 7) is 1.01. The van der Waals surface area contributed by atoms with E-state index in [-0.39, 0.29) is 17.8 Å². The second kappa shape index (κ2) is 9.00. The molecule has 1 amide bonds. The fraction of sp³-hybridized carbons (Fsp3) is 0.240. The molecule has 4 rings (SSSR count). The van der Waals surface area contributed by atoms with Gasteiger partial charge in [-0.15, -0.1) is 0 Å². The van der Waals surface area contributed by atoms with Crippen LogP contribution in [-0.4, -0.2) is 42.9 Å². The molecule has 6 nitrogen and oxygen atoms in total. The number of methoxy groups -OCH3 is 1. The molecule has 3 aromatic carbocycles. The topological polar surface area (TPSA) is 72.9 Å². The lowest BCUT2D eigenvalue weighted by atomic mass is 9.95. The van der Waals surface area contributed by atoms with Crippen molar-refractivity contribution in [1.29, 1.82) is 0 Å². The molecule has 0 spiro atoms. The summed E-state index contributed by atoms with van der Waals surface area (Å²) in [5.74, 6) is -0.657. The number of amides is 1. The maximum absolute atomic E-state index is 13.1. The highest BCUT2D eigenvalue weighted by Gasteiger charge is 2.29. The number of fused-ring (bicyclic) bond motifs is 1. The Morgan fingerprint density at radius 1 is 0.871 bits per heavy atom. The maximum atomic E-state index is 13.1. The van der Waals surface area contributed by atoms with Crippen LogP contribution in [0.3, 0.4) is 0 Å². The third kappa shape index (κ3) is 4.43. The van der Waals surface area contributed by atoms with Gasteiger partial charge in [-0.05, 0) is 53.9 Å². The Labute approximate surface area is 180 Å². The van der Waals surface area contributed by atoms with Gasteiger partial charge < -0.3 is 14.4 Å². The van der Waals surface area contributed by atoms with Crippen LogP contribution in [0.25, 0.3) is 10.8 Å². The summed E-state index contributed by atoms with van der Waals surface area (Å²) in [6, 6.07) is 19.8. The van der Waals surface area contributed by atoms with Gasteiger partial charge in [0.15, 0.2) is 0 Å². The van der Waals surface area contributed by atoms with Crippen LogP contribution in [0.5, 0.6) is 5.75 Å². The summed E-state index contributed by atoms with van der Waals surface area (Å²) in [6.07, 6.45) is 1.10. The van der Waals surface area contributed by atoms with Crippen LogP contribution < -0.4 is 4.74 Å². The molecule has 1 saturated heterocycles. The smallest absolute Gasteiger partial charge is 0.337 e. The largest absolute Gasteiger partial charge is 0.465 e. The van der Waals surface area contributed by atoms with Crippen molar-refractivity contribution in [2.75, 3.05) is 20.2 Å². The van der Waals surface area contributed by atoms with Crippen LogP contribution in [0.15, 0.2) is 66.7 Å². The highest BCUT2D eigenvalue weighted by Crippen LogP contribution is 2.25. The van der Waals surface area contributed by atoms with E-state index >= 15 is 0 Å². The lowest BCUT2D eigenvalue weighted by Crippen LogP contribution is -2.41. The van der Waals surface area contributed by atoms with Gasteiger partial charge in [-0.1, -0.05) is 36.4 Å². The van der Waals surface area contributed by atoms with E-state index in [2.05, 4.69) is 4.74 Å². The average Bonchev–Trinajstić information content (AvgIpc) is 2.83. The van der Waals surface area contributed by atoms with E-state index in [9.17, 15) is 14.4 Å². The fourth-order valence-corrected chi connectivity index (χ4v) is 3.88. The van der Waals surface area contributed by atoms with Crippen LogP contribution in [-0.2, 0) is 9.53 Å². The van der Waals surface area contributed by atoms with Crippen molar-refractivity contribution in [2.24, 2.45) is 5.92 Å². The molecule has 0 saturated carbocycles. The second-order valence-corrected chi connectivity index (χ2v) is 7.53. The molecule has 0 bridgehead atoms. The summed E-state index contributed by atoms with van der Waals surface area (Å²) >= 11 is 0. The SMILES string of the molecule is COC(=O)c1ccc(OC(=O)C2CCN(C(=O)c3cccc4ccccc34)CC2)cc1. The minimum Gasteiger partial charge on any atom is -0.465 e. The summed E-state index contributed by atoms with van der Waals surface area (Å²) in [5.41, 5.74) is 1.08. The van der Waals surface area contributed by atoms with E-state index in [1.54, 1.807) is 29.2 Å². The Morgan fingerprint density at radius 3 is 2.26 bits per heavy atom. The standard InChI is InChI=1S/C25H23NO5/c1-30-24(28)18-9-11-20(12-10-18)31-25(29)19-13-15-26(16-14-19)23(27)22-8-4-6-17-5-2-3-7-21(17)22/h2-12,19H,13-16H2,1H3. The Kier molecular flexibility index (Phi) is 5.98. The number of ether oxygens (including phenoxy) is 2. The molecule has 3 aromatic rings. The van der Waals surface area contributed by atoms with E-state index in [4.69, 9.17) is 4.74 Å². The normalized spacial score (nSPS) is 14.3. The van der Waals surface area contributed by atoms with E-state index in [1.807, 2.05) is 42.5 Å². The number of hydrogen-bond acceptors (Lipinski definition) is 5. The van der Waals surface area contributed by atoms with E-state index in [1.165, 1.54) is 7.11 Å². The van der Waals surface area contributed by atoms with Crippen LogP contribution in [0.4, 0.5) is 0 Å². The molecule has 0 atom stereocenters. The molecule has 158 valence electrons.